The number of hydrogen-bond acceptors (Lipinski definition) is 8. The Labute approximate surface area is 196 Å². The van der Waals surface area contributed by atoms with E-state index in [1.165, 1.54) is 39.5 Å². The SMILES string of the molecule is COc1cc(C(=O)Oc2ccccc2/C=C2/N=C(c3ccccc3)OC2=O)cc(OC)c1OC. The van der Waals surface area contributed by atoms with Crippen molar-refractivity contribution < 1.29 is 33.3 Å². The Morgan fingerprint density at radius 1 is 0.853 bits per heavy atom. The van der Waals surface area contributed by atoms with Gasteiger partial charge in [-0.15, -0.1) is 0 Å². The molecule has 172 valence electrons. The van der Waals surface area contributed by atoms with Crippen molar-refractivity contribution in [3.8, 4) is 23.0 Å². The molecular weight excluding hydrogens is 438 g/mol. The van der Waals surface area contributed by atoms with Crippen LogP contribution in [0, 0.1) is 0 Å². The van der Waals surface area contributed by atoms with Crippen molar-refractivity contribution in [1.29, 1.82) is 0 Å². The summed E-state index contributed by atoms with van der Waals surface area (Å²) in [7, 11) is 4.39. The third-order valence-corrected chi connectivity index (χ3v) is 4.96. The normalized spacial score (nSPS) is 13.8. The van der Waals surface area contributed by atoms with Crippen LogP contribution < -0.4 is 18.9 Å². The maximum absolute atomic E-state index is 12.9. The molecule has 0 bridgehead atoms. The number of para-hydroxylation sites is 1. The number of hydrogen-bond donors (Lipinski definition) is 0. The molecule has 0 radical (unpaired) electrons. The highest BCUT2D eigenvalue weighted by Crippen LogP contribution is 2.38. The Bertz CT molecular complexity index is 1270. The predicted molar refractivity (Wildman–Crippen MR) is 125 cm³/mol. The van der Waals surface area contributed by atoms with Gasteiger partial charge in [0.25, 0.3) is 0 Å². The number of esters is 2. The van der Waals surface area contributed by atoms with Crippen molar-refractivity contribution in [2.45, 2.75) is 0 Å². The summed E-state index contributed by atoms with van der Waals surface area (Å²) in [6.45, 7) is 0. The molecule has 0 aromatic heterocycles. The summed E-state index contributed by atoms with van der Waals surface area (Å²) >= 11 is 0. The van der Waals surface area contributed by atoms with Gasteiger partial charge in [0, 0.05) is 11.1 Å². The highest BCUT2D eigenvalue weighted by molar-refractivity contribution is 6.13. The van der Waals surface area contributed by atoms with Crippen LogP contribution in [0.15, 0.2) is 77.4 Å². The van der Waals surface area contributed by atoms with E-state index in [1.54, 1.807) is 36.4 Å². The molecule has 8 nitrogen and oxygen atoms in total. The second kappa shape index (κ2) is 9.91. The monoisotopic (exact) mass is 459 g/mol. The van der Waals surface area contributed by atoms with E-state index < -0.39 is 11.9 Å². The van der Waals surface area contributed by atoms with Gasteiger partial charge in [0.05, 0.1) is 26.9 Å². The topological polar surface area (TPSA) is 92.7 Å². The minimum Gasteiger partial charge on any atom is -0.493 e. The van der Waals surface area contributed by atoms with Crippen molar-refractivity contribution in [2.75, 3.05) is 21.3 Å². The number of ether oxygens (including phenoxy) is 5. The van der Waals surface area contributed by atoms with Crippen LogP contribution >= 0.6 is 0 Å². The van der Waals surface area contributed by atoms with Gasteiger partial charge in [0.15, 0.2) is 17.2 Å². The molecule has 3 aromatic rings. The van der Waals surface area contributed by atoms with Crippen LogP contribution in [0.25, 0.3) is 6.08 Å². The predicted octanol–water partition coefficient (Wildman–Crippen LogP) is 4.28. The van der Waals surface area contributed by atoms with E-state index in [2.05, 4.69) is 4.99 Å². The molecule has 0 aliphatic carbocycles. The van der Waals surface area contributed by atoms with E-state index >= 15 is 0 Å². The van der Waals surface area contributed by atoms with Gasteiger partial charge in [-0.2, -0.15) is 0 Å². The fraction of sp³-hybridized carbons (Fsp3) is 0.115. The maximum atomic E-state index is 12.9. The van der Waals surface area contributed by atoms with Crippen molar-refractivity contribution >= 4 is 23.9 Å². The standard InChI is InChI=1S/C26H21NO7/c1-30-21-14-18(15-22(31-2)23(21)32-3)25(28)33-20-12-8-7-11-17(20)13-19-26(29)34-24(27-19)16-9-5-4-6-10-16/h4-15H,1-3H3/b19-13+. The molecule has 0 saturated heterocycles. The third kappa shape index (κ3) is 4.61. The number of aliphatic imine (C=N–C) groups is 1. The molecule has 34 heavy (non-hydrogen) atoms. The van der Waals surface area contributed by atoms with Gasteiger partial charge in [-0.25, -0.2) is 14.6 Å². The van der Waals surface area contributed by atoms with Crippen LogP contribution in [0.3, 0.4) is 0 Å². The number of methoxy groups -OCH3 is 3. The van der Waals surface area contributed by atoms with Crippen molar-refractivity contribution in [2.24, 2.45) is 4.99 Å². The second-order valence-corrected chi connectivity index (χ2v) is 7.04. The van der Waals surface area contributed by atoms with Crippen LogP contribution in [0.2, 0.25) is 0 Å². The molecule has 3 aromatic carbocycles. The lowest BCUT2D eigenvalue weighted by molar-refractivity contribution is -0.129. The zero-order chi connectivity index (χ0) is 24.1. The third-order valence-electron chi connectivity index (χ3n) is 4.96. The molecule has 1 aliphatic heterocycles. The summed E-state index contributed by atoms with van der Waals surface area (Å²) < 4.78 is 26.8. The second-order valence-electron chi connectivity index (χ2n) is 7.04. The lowest BCUT2D eigenvalue weighted by Crippen LogP contribution is -2.10. The Balaban J connectivity index is 1.63. The quantitative estimate of drug-likeness (QED) is 0.296. The highest BCUT2D eigenvalue weighted by Gasteiger charge is 2.25. The van der Waals surface area contributed by atoms with E-state index in [9.17, 15) is 9.59 Å². The molecule has 0 saturated carbocycles. The minimum absolute atomic E-state index is 0.0927. The molecule has 0 amide bonds. The number of nitrogens with zero attached hydrogens (tertiary/aromatic N) is 1. The average molecular weight is 459 g/mol. The highest BCUT2D eigenvalue weighted by atomic mass is 16.6. The summed E-state index contributed by atoms with van der Waals surface area (Å²) in [6, 6.07) is 18.9. The first-order valence-electron chi connectivity index (χ1n) is 10.2. The number of carbonyl (C=O) groups excluding carboxylic acids is 2. The Morgan fingerprint density at radius 2 is 1.50 bits per heavy atom. The van der Waals surface area contributed by atoms with Crippen LogP contribution in [0.4, 0.5) is 0 Å². The van der Waals surface area contributed by atoms with Gasteiger partial charge >= 0.3 is 11.9 Å². The van der Waals surface area contributed by atoms with Crippen LogP contribution in [-0.2, 0) is 9.53 Å². The van der Waals surface area contributed by atoms with E-state index in [0.717, 1.165) is 0 Å². The first-order chi connectivity index (χ1) is 16.5. The smallest absolute Gasteiger partial charge is 0.363 e. The number of carbonyl (C=O) groups is 2. The van der Waals surface area contributed by atoms with E-state index in [4.69, 9.17) is 23.7 Å². The molecule has 1 heterocycles. The minimum atomic E-state index is -0.646. The summed E-state index contributed by atoms with van der Waals surface area (Å²) in [5.41, 5.74) is 1.45. The molecule has 0 unspecified atom stereocenters. The number of rotatable bonds is 7. The molecule has 0 spiro atoms. The molecule has 1 aliphatic rings. The lowest BCUT2D eigenvalue weighted by Gasteiger charge is -2.14. The van der Waals surface area contributed by atoms with Gasteiger partial charge in [0.2, 0.25) is 11.6 Å². The summed E-state index contributed by atoms with van der Waals surface area (Å²) in [6.07, 6.45) is 1.51. The lowest BCUT2D eigenvalue weighted by atomic mass is 10.1. The zero-order valence-electron chi connectivity index (χ0n) is 18.7. The molecule has 8 heteroatoms. The van der Waals surface area contributed by atoms with Crippen LogP contribution in [0.1, 0.15) is 21.5 Å². The summed E-state index contributed by atoms with van der Waals surface area (Å²) in [5, 5.41) is 0. The fourth-order valence-electron chi connectivity index (χ4n) is 3.31. The molecule has 0 N–H and O–H groups in total. The van der Waals surface area contributed by atoms with Gasteiger partial charge in [-0.3, -0.25) is 0 Å². The van der Waals surface area contributed by atoms with E-state index in [0.29, 0.717) is 28.4 Å². The van der Waals surface area contributed by atoms with Gasteiger partial charge in [-0.05, 0) is 36.4 Å². The zero-order valence-corrected chi connectivity index (χ0v) is 18.7. The average Bonchev–Trinajstić information content (AvgIpc) is 3.24. The van der Waals surface area contributed by atoms with Gasteiger partial charge in [-0.1, -0.05) is 36.4 Å². The fourth-order valence-corrected chi connectivity index (χ4v) is 3.31. The van der Waals surface area contributed by atoms with Gasteiger partial charge in [0.1, 0.15) is 5.75 Å². The molecule has 0 atom stereocenters. The van der Waals surface area contributed by atoms with Gasteiger partial charge < -0.3 is 23.7 Å². The summed E-state index contributed by atoms with van der Waals surface area (Å²) in [4.78, 5) is 29.6. The number of benzene rings is 3. The van der Waals surface area contributed by atoms with Crippen LogP contribution in [0.5, 0.6) is 23.0 Å². The Morgan fingerprint density at radius 3 is 2.15 bits per heavy atom. The van der Waals surface area contributed by atoms with E-state index in [-0.39, 0.29) is 22.9 Å². The van der Waals surface area contributed by atoms with Crippen LogP contribution in [-0.4, -0.2) is 39.2 Å². The van der Waals surface area contributed by atoms with Crippen molar-refractivity contribution in [1.82, 2.24) is 0 Å². The Kier molecular flexibility index (Phi) is 6.59. The Hall–Kier alpha value is -4.59. The molecule has 0 fully saturated rings. The first kappa shape index (κ1) is 22.6. The summed E-state index contributed by atoms with van der Waals surface area (Å²) in [5.74, 6) is 0.214. The van der Waals surface area contributed by atoms with E-state index in [1.807, 2.05) is 18.2 Å². The largest absolute Gasteiger partial charge is 0.493 e. The number of cyclic esters (lactones) is 1. The maximum Gasteiger partial charge on any atom is 0.363 e. The van der Waals surface area contributed by atoms with Crippen molar-refractivity contribution in [3.05, 3.63) is 89.1 Å². The van der Waals surface area contributed by atoms with Crippen molar-refractivity contribution in [3.63, 3.8) is 0 Å². The molecule has 4 rings (SSSR count). The molecular formula is C26H21NO7. The first-order valence-corrected chi connectivity index (χ1v) is 10.2.